The third kappa shape index (κ3) is 5.87. The number of alkyl halides is 3. The maximum Gasteiger partial charge on any atom is 0.573 e. The van der Waals surface area contributed by atoms with Gasteiger partial charge in [0.25, 0.3) is 5.91 Å². The average molecular weight is 384 g/mol. The van der Waals surface area contributed by atoms with Crippen LogP contribution in [0.1, 0.15) is 34.7 Å². The molecule has 0 aliphatic rings. The number of halogens is 3. The maximum atomic E-state index is 12.1. The Morgan fingerprint density at radius 3 is 2.30 bits per heavy atom. The van der Waals surface area contributed by atoms with Crippen LogP contribution in [0.2, 0.25) is 0 Å². The summed E-state index contributed by atoms with van der Waals surface area (Å²) >= 11 is 0. The normalized spacial score (nSPS) is 12.2. The molecule has 7 nitrogen and oxygen atoms in total. The molecule has 0 unspecified atom stereocenters. The number of ether oxygens (including phenoxy) is 2. The molecule has 2 N–H and O–H groups in total. The minimum absolute atomic E-state index is 0.00787. The second kappa shape index (κ2) is 7.94. The van der Waals surface area contributed by atoms with Crippen molar-refractivity contribution in [2.45, 2.75) is 26.3 Å². The number of H-pyrrole nitrogens is 1. The van der Waals surface area contributed by atoms with Crippen LogP contribution < -0.4 is 10.1 Å². The van der Waals surface area contributed by atoms with Crippen LogP contribution in [-0.2, 0) is 9.53 Å². The summed E-state index contributed by atoms with van der Waals surface area (Å²) in [5, 5.41) is 2.39. The highest BCUT2D eigenvalue weighted by molar-refractivity contribution is 5.99. The molecule has 1 heterocycles. The first-order valence-electron chi connectivity index (χ1n) is 7.62. The molecule has 0 aliphatic heterocycles. The van der Waals surface area contributed by atoms with Gasteiger partial charge in [-0.3, -0.25) is 9.59 Å². The van der Waals surface area contributed by atoms with Crippen LogP contribution in [-0.4, -0.2) is 35.1 Å². The van der Waals surface area contributed by atoms with Gasteiger partial charge in [0.1, 0.15) is 11.4 Å². The number of carbonyl (C=O) groups excluding carboxylic acids is 3. The van der Waals surface area contributed by atoms with Crippen LogP contribution in [0.3, 0.4) is 0 Å². The quantitative estimate of drug-likeness (QED) is 0.588. The molecule has 0 aliphatic carbocycles. The van der Waals surface area contributed by atoms with E-state index in [1.807, 2.05) is 0 Å². The zero-order valence-corrected chi connectivity index (χ0v) is 14.2. The fourth-order valence-electron chi connectivity index (χ4n) is 1.98. The van der Waals surface area contributed by atoms with Crippen LogP contribution in [0, 0.1) is 0 Å². The van der Waals surface area contributed by atoms with E-state index in [4.69, 9.17) is 4.74 Å². The molecule has 0 bridgehead atoms. The van der Waals surface area contributed by atoms with Crippen LogP contribution in [0.4, 0.5) is 18.9 Å². The molecule has 1 amide bonds. The fraction of sp³-hybridized carbons (Fsp3) is 0.235. The Kier molecular flexibility index (Phi) is 5.88. The highest BCUT2D eigenvalue weighted by atomic mass is 19.4. The van der Waals surface area contributed by atoms with Gasteiger partial charge in [0, 0.05) is 17.4 Å². The minimum Gasteiger partial charge on any atom is -0.448 e. The molecular weight excluding hydrogens is 369 g/mol. The third-order valence-electron chi connectivity index (χ3n) is 3.32. The van der Waals surface area contributed by atoms with Gasteiger partial charge in [0.2, 0.25) is 0 Å². The summed E-state index contributed by atoms with van der Waals surface area (Å²) in [7, 11) is 0. The van der Waals surface area contributed by atoms with E-state index in [0.717, 1.165) is 12.1 Å². The van der Waals surface area contributed by atoms with Gasteiger partial charge in [-0.05, 0) is 44.2 Å². The van der Waals surface area contributed by atoms with E-state index in [1.165, 1.54) is 38.2 Å². The number of anilines is 1. The van der Waals surface area contributed by atoms with Crippen molar-refractivity contribution in [1.29, 1.82) is 0 Å². The van der Waals surface area contributed by atoms with Crippen molar-refractivity contribution in [3.05, 3.63) is 47.8 Å². The second-order valence-electron chi connectivity index (χ2n) is 5.47. The summed E-state index contributed by atoms with van der Waals surface area (Å²) in [6.45, 7) is 2.66. The van der Waals surface area contributed by atoms with E-state index in [9.17, 15) is 27.6 Å². The number of nitrogens with one attached hydrogen (secondary N) is 2. The van der Waals surface area contributed by atoms with Crippen LogP contribution in [0.25, 0.3) is 0 Å². The monoisotopic (exact) mass is 384 g/mol. The van der Waals surface area contributed by atoms with Gasteiger partial charge >= 0.3 is 12.3 Å². The lowest BCUT2D eigenvalue weighted by Crippen LogP contribution is -2.30. The smallest absolute Gasteiger partial charge is 0.448 e. The Morgan fingerprint density at radius 1 is 1.15 bits per heavy atom. The Hall–Kier alpha value is -3.30. The fourth-order valence-corrected chi connectivity index (χ4v) is 1.98. The summed E-state index contributed by atoms with van der Waals surface area (Å²) in [6.07, 6.45) is -4.66. The molecule has 0 saturated heterocycles. The lowest BCUT2D eigenvalue weighted by molar-refractivity contribution is -0.274. The van der Waals surface area contributed by atoms with Gasteiger partial charge in [-0.15, -0.1) is 13.2 Å². The lowest BCUT2D eigenvalue weighted by Gasteiger charge is -2.13. The van der Waals surface area contributed by atoms with Crippen molar-refractivity contribution in [2.75, 3.05) is 5.32 Å². The third-order valence-corrected chi connectivity index (χ3v) is 3.32. The summed E-state index contributed by atoms with van der Waals surface area (Å²) in [6, 6.07) is 5.77. The average Bonchev–Trinajstić information content (AvgIpc) is 3.05. The molecule has 0 fully saturated rings. The van der Waals surface area contributed by atoms with E-state index in [-0.39, 0.29) is 17.2 Å². The van der Waals surface area contributed by atoms with Crippen molar-refractivity contribution < 1.29 is 37.0 Å². The van der Waals surface area contributed by atoms with Gasteiger partial charge in [0.15, 0.2) is 11.9 Å². The van der Waals surface area contributed by atoms with Crippen molar-refractivity contribution >= 4 is 23.3 Å². The molecule has 2 aromatic rings. The van der Waals surface area contributed by atoms with Crippen LogP contribution in [0.5, 0.6) is 5.75 Å². The Labute approximate surface area is 151 Å². The molecule has 1 atom stereocenters. The SMILES string of the molecule is CC(=O)c1c[nH]c(C(=O)O[C@@H](C)C(=O)Nc2ccc(OC(F)(F)F)cc2)c1. The number of aromatic amines is 1. The minimum atomic E-state index is -4.81. The number of Topliss-reactive ketones (excluding diaryl/α,β-unsaturated/α-hetero) is 1. The van der Waals surface area contributed by atoms with Crippen molar-refractivity contribution in [2.24, 2.45) is 0 Å². The highest BCUT2D eigenvalue weighted by Crippen LogP contribution is 2.24. The number of benzene rings is 1. The highest BCUT2D eigenvalue weighted by Gasteiger charge is 2.31. The summed E-state index contributed by atoms with van der Waals surface area (Å²) in [4.78, 5) is 37.8. The number of amides is 1. The van der Waals surface area contributed by atoms with Gasteiger partial charge in [-0.1, -0.05) is 0 Å². The van der Waals surface area contributed by atoms with Crippen molar-refractivity contribution in [1.82, 2.24) is 4.98 Å². The van der Waals surface area contributed by atoms with Gasteiger partial charge in [0.05, 0.1) is 0 Å². The summed E-state index contributed by atoms with van der Waals surface area (Å²) in [5.74, 6) is -2.20. The Morgan fingerprint density at radius 2 is 1.78 bits per heavy atom. The van der Waals surface area contributed by atoms with Crippen LogP contribution in [0.15, 0.2) is 36.5 Å². The second-order valence-corrected chi connectivity index (χ2v) is 5.47. The predicted molar refractivity (Wildman–Crippen MR) is 87.4 cm³/mol. The lowest BCUT2D eigenvalue weighted by atomic mass is 10.2. The number of esters is 1. The molecule has 0 radical (unpaired) electrons. The molecular formula is C17H15F3N2O5. The zero-order valence-electron chi connectivity index (χ0n) is 14.2. The van der Waals surface area contributed by atoms with Gasteiger partial charge in [-0.25, -0.2) is 4.79 Å². The molecule has 10 heteroatoms. The van der Waals surface area contributed by atoms with Gasteiger partial charge < -0.3 is 19.8 Å². The summed E-state index contributed by atoms with van der Waals surface area (Å²) < 4.78 is 45.0. The van der Waals surface area contributed by atoms with E-state index in [2.05, 4.69) is 15.0 Å². The zero-order chi connectivity index (χ0) is 20.2. The predicted octanol–water partition coefficient (Wildman–Crippen LogP) is 3.30. The van der Waals surface area contributed by atoms with E-state index >= 15 is 0 Å². The van der Waals surface area contributed by atoms with Crippen molar-refractivity contribution in [3.63, 3.8) is 0 Å². The largest absolute Gasteiger partial charge is 0.573 e. The number of ketones is 1. The molecule has 27 heavy (non-hydrogen) atoms. The first-order chi connectivity index (χ1) is 12.5. The molecule has 1 aromatic heterocycles. The van der Waals surface area contributed by atoms with Gasteiger partial charge in [-0.2, -0.15) is 0 Å². The molecule has 144 valence electrons. The number of rotatable bonds is 6. The Bertz CT molecular complexity index is 843. The summed E-state index contributed by atoms with van der Waals surface area (Å²) in [5.41, 5.74) is 0.491. The van der Waals surface area contributed by atoms with Crippen LogP contribution >= 0.6 is 0 Å². The number of hydrogen-bond acceptors (Lipinski definition) is 5. The molecule has 0 spiro atoms. The van der Waals surface area contributed by atoms with Crippen molar-refractivity contribution in [3.8, 4) is 5.75 Å². The maximum absolute atomic E-state index is 12.1. The topological polar surface area (TPSA) is 97.5 Å². The van der Waals surface area contributed by atoms with E-state index in [0.29, 0.717) is 5.56 Å². The number of hydrogen-bond donors (Lipinski definition) is 2. The Balaban J connectivity index is 1.92. The number of carbonyl (C=O) groups is 3. The first-order valence-corrected chi connectivity index (χ1v) is 7.62. The van der Waals surface area contributed by atoms with E-state index in [1.54, 1.807) is 0 Å². The van der Waals surface area contributed by atoms with E-state index < -0.39 is 30.1 Å². The standard InChI is InChI=1S/C17H15F3N2O5/c1-9(23)11-7-14(21-8-11)16(25)26-10(2)15(24)22-12-3-5-13(6-4-12)27-17(18,19)20/h3-8,10,21H,1-2H3,(H,22,24)/t10-/m0/s1. The number of aromatic nitrogens is 1. The molecule has 0 saturated carbocycles. The first kappa shape index (κ1) is 20.0. The molecule has 1 aromatic carbocycles. The molecule has 2 rings (SSSR count).